The molecule has 1 saturated carbocycles. The van der Waals surface area contributed by atoms with E-state index in [0.717, 1.165) is 29.9 Å². The van der Waals surface area contributed by atoms with Gasteiger partial charge in [0, 0.05) is 25.0 Å². The molecule has 13 heteroatoms. The summed E-state index contributed by atoms with van der Waals surface area (Å²) in [5.41, 5.74) is 1.22. The van der Waals surface area contributed by atoms with Crippen LogP contribution in [-0.2, 0) is 23.4 Å². The normalized spacial score (nSPS) is 16.2. The summed E-state index contributed by atoms with van der Waals surface area (Å²) in [6, 6.07) is 11.5. The first kappa shape index (κ1) is 29.9. The van der Waals surface area contributed by atoms with Crippen LogP contribution in [0.4, 0.5) is 21.7 Å². The summed E-state index contributed by atoms with van der Waals surface area (Å²) in [6.07, 6.45) is 5.73. The highest BCUT2D eigenvalue weighted by atomic mass is 19.1. The number of pyridine rings is 2. The van der Waals surface area contributed by atoms with E-state index < -0.39 is 22.8 Å². The SMILES string of the molecule is CC1(C)OCCn2c1nc(C(=O)NCc1ccc(F)cc1)c(O)c2=O.Cc1ccnc2c1NC(=O)c1cccnc1N2C1CC1. The van der Waals surface area contributed by atoms with E-state index in [-0.39, 0.29) is 36.3 Å². The predicted molar refractivity (Wildman–Crippen MR) is 163 cm³/mol. The summed E-state index contributed by atoms with van der Waals surface area (Å²) >= 11 is 0. The van der Waals surface area contributed by atoms with Crippen LogP contribution < -0.4 is 21.1 Å². The highest BCUT2D eigenvalue weighted by Crippen LogP contribution is 2.43. The van der Waals surface area contributed by atoms with Crippen LogP contribution >= 0.6 is 0 Å². The zero-order chi connectivity index (χ0) is 31.9. The number of anilines is 3. The number of aromatic hydroxyl groups is 1. The Morgan fingerprint density at radius 2 is 1.84 bits per heavy atom. The van der Waals surface area contributed by atoms with Crippen molar-refractivity contribution in [3.63, 3.8) is 0 Å². The second-order valence-corrected chi connectivity index (χ2v) is 11.5. The van der Waals surface area contributed by atoms with E-state index in [0.29, 0.717) is 29.6 Å². The molecule has 1 aromatic carbocycles. The second-order valence-electron chi connectivity index (χ2n) is 11.5. The molecule has 0 spiro atoms. The number of halogens is 1. The van der Waals surface area contributed by atoms with Crippen molar-refractivity contribution in [1.29, 1.82) is 0 Å². The molecule has 232 valence electrons. The van der Waals surface area contributed by atoms with Crippen LogP contribution in [0.25, 0.3) is 0 Å². The van der Waals surface area contributed by atoms with Gasteiger partial charge in [-0.05, 0) is 75.1 Å². The lowest BCUT2D eigenvalue weighted by Crippen LogP contribution is -2.42. The number of ether oxygens (including phenoxy) is 1. The lowest BCUT2D eigenvalue weighted by atomic mass is 10.1. The Bertz CT molecular complexity index is 1850. The molecule has 12 nitrogen and oxygen atoms in total. The molecule has 45 heavy (non-hydrogen) atoms. The van der Waals surface area contributed by atoms with Crippen molar-refractivity contribution in [2.45, 2.75) is 58.3 Å². The fourth-order valence-electron chi connectivity index (χ4n) is 5.30. The maximum absolute atomic E-state index is 12.9. The molecule has 3 aliphatic rings. The third-order valence-electron chi connectivity index (χ3n) is 7.82. The zero-order valence-corrected chi connectivity index (χ0v) is 25.0. The van der Waals surface area contributed by atoms with Gasteiger partial charge in [0.1, 0.15) is 23.1 Å². The minimum absolute atomic E-state index is 0.110. The first-order valence-corrected chi connectivity index (χ1v) is 14.6. The number of hydrogen-bond acceptors (Lipinski definition) is 9. The molecule has 0 radical (unpaired) electrons. The first-order valence-electron chi connectivity index (χ1n) is 14.6. The van der Waals surface area contributed by atoms with Crippen molar-refractivity contribution < 1.29 is 23.8 Å². The maximum atomic E-state index is 12.9. The van der Waals surface area contributed by atoms with Crippen LogP contribution in [0.3, 0.4) is 0 Å². The molecule has 7 rings (SSSR count). The van der Waals surface area contributed by atoms with Gasteiger partial charge in [0.2, 0.25) is 5.75 Å². The fourth-order valence-corrected chi connectivity index (χ4v) is 5.30. The number of fused-ring (bicyclic) bond motifs is 3. The van der Waals surface area contributed by atoms with E-state index in [2.05, 4.69) is 30.5 Å². The molecular weight excluding hydrogens is 581 g/mol. The molecular formula is C32H32FN7O5. The minimum Gasteiger partial charge on any atom is -0.501 e. The topological polar surface area (TPSA) is 152 Å². The number of nitrogens with zero attached hydrogens (tertiary/aromatic N) is 5. The molecule has 1 fully saturated rings. The smallest absolute Gasteiger partial charge is 0.296 e. The van der Waals surface area contributed by atoms with Crippen LogP contribution in [0, 0.1) is 12.7 Å². The van der Waals surface area contributed by atoms with Crippen LogP contribution in [0.1, 0.15) is 64.5 Å². The summed E-state index contributed by atoms with van der Waals surface area (Å²) in [5, 5.41) is 15.6. The molecule has 0 saturated heterocycles. The van der Waals surface area contributed by atoms with Gasteiger partial charge in [0.05, 0.1) is 24.4 Å². The Balaban J connectivity index is 0.000000162. The molecule has 3 aromatic heterocycles. The summed E-state index contributed by atoms with van der Waals surface area (Å²) in [5.74, 6) is -0.0779. The predicted octanol–water partition coefficient (Wildman–Crippen LogP) is 3.93. The molecule has 0 bridgehead atoms. The Morgan fingerprint density at radius 3 is 2.58 bits per heavy atom. The Morgan fingerprint density at radius 1 is 1.11 bits per heavy atom. The highest BCUT2D eigenvalue weighted by Gasteiger charge is 2.38. The number of amides is 2. The molecule has 0 unspecified atom stereocenters. The van der Waals surface area contributed by atoms with Gasteiger partial charge < -0.3 is 25.4 Å². The van der Waals surface area contributed by atoms with Crippen LogP contribution in [-0.4, -0.2) is 49.1 Å². The highest BCUT2D eigenvalue weighted by molar-refractivity contribution is 6.11. The van der Waals surface area contributed by atoms with Gasteiger partial charge in [0.25, 0.3) is 17.4 Å². The van der Waals surface area contributed by atoms with Crippen molar-refractivity contribution in [2.75, 3.05) is 16.8 Å². The Hall–Kier alpha value is -5.17. The quantitative estimate of drug-likeness (QED) is 0.311. The summed E-state index contributed by atoms with van der Waals surface area (Å²) in [4.78, 5) is 52.3. The molecule has 2 amide bonds. The molecule has 1 aliphatic carbocycles. The van der Waals surface area contributed by atoms with E-state index in [1.807, 2.05) is 19.1 Å². The molecule has 3 N–H and O–H groups in total. The van der Waals surface area contributed by atoms with Gasteiger partial charge in [-0.2, -0.15) is 0 Å². The first-order chi connectivity index (χ1) is 21.5. The molecule has 2 aliphatic heterocycles. The van der Waals surface area contributed by atoms with Gasteiger partial charge in [-0.25, -0.2) is 19.3 Å². The van der Waals surface area contributed by atoms with E-state index >= 15 is 0 Å². The summed E-state index contributed by atoms with van der Waals surface area (Å²) in [6.45, 7) is 6.14. The number of rotatable bonds is 4. The third-order valence-corrected chi connectivity index (χ3v) is 7.82. The zero-order valence-electron chi connectivity index (χ0n) is 25.0. The minimum atomic E-state index is -0.850. The van der Waals surface area contributed by atoms with E-state index in [1.165, 1.54) is 28.8 Å². The number of aryl methyl sites for hydroxylation is 1. The molecule has 5 heterocycles. The number of carbonyl (C=O) groups is 2. The number of hydrogen-bond donors (Lipinski definition) is 3. The summed E-state index contributed by atoms with van der Waals surface area (Å²) in [7, 11) is 0. The number of carbonyl (C=O) groups excluding carboxylic acids is 2. The van der Waals surface area contributed by atoms with Gasteiger partial charge in [0.15, 0.2) is 11.5 Å². The standard InChI is InChI=1S/C17H18FN3O4.C15H14N4O/c1-17(2)16-20-12(13(22)15(24)21(16)7-8-25-17)14(23)19-9-10-3-5-11(18)6-4-10;1-9-6-8-17-14-12(9)18-15(20)11-3-2-7-16-13(11)19(14)10-4-5-10/h3-6,22H,7-9H2,1-2H3,(H,19,23);2-3,6-8,10H,4-5H2,1H3,(H,18,20). The largest absolute Gasteiger partial charge is 0.501 e. The van der Waals surface area contributed by atoms with Gasteiger partial charge >= 0.3 is 0 Å². The van der Waals surface area contributed by atoms with Gasteiger partial charge in [-0.3, -0.25) is 19.0 Å². The summed E-state index contributed by atoms with van der Waals surface area (Å²) < 4.78 is 19.8. The third kappa shape index (κ3) is 5.86. The van der Waals surface area contributed by atoms with Crippen molar-refractivity contribution in [3.05, 3.63) is 99.2 Å². The van der Waals surface area contributed by atoms with Crippen LogP contribution in [0.2, 0.25) is 0 Å². The second kappa shape index (κ2) is 11.7. The van der Waals surface area contributed by atoms with Crippen LogP contribution in [0.15, 0.2) is 59.7 Å². The van der Waals surface area contributed by atoms with Crippen molar-refractivity contribution in [1.82, 2.24) is 24.8 Å². The van der Waals surface area contributed by atoms with E-state index in [1.54, 1.807) is 32.3 Å². The molecule has 4 aromatic rings. The number of nitrogens with one attached hydrogen (secondary N) is 2. The monoisotopic (exact) mass is 613 g/mol. The maximum Gasteiger partial charge on any atom is 0.296 e. The lowest BCUT2D eigenvalue weighted by molar-refractivity contribution is -0.0566. The number of aromatic nitrogens is 4. The van der Waals surface area contributed by atoms with Crippen LogP contribution in [0.5, 0.6) is 5.75 Å². The Labute approximate surface area is 257 Å². The van der Waals surface area contributed by atoms with Gasteiger partial charge in [-0.15, -0.1) is 0 Å². The molecule has 0 atom stereocenters. The fraction of sp³-hybridized carbons (Fsp3) is 0.312. The lowest BCUT2D eigenvalue weighted by Gasteiger charge is -2.32. The Kier molecular flexibility index (Phi) is 7.79. The van der Waals surface area contributed by atoms with Gasteiger partial charge in [-0.1, -0.05) is 12.1 Å². The van der Waals surface area contributed by atoms with Crippen molar-refractivity contribution in [2.24, 2.45) is 0 Å². The van der Waals surface area contributed by atoms with E-state index in [4.69, 9.17) is 4.74 Å². The number of benzene rings is 1. The average molecular weight is 614 g/mol. The van der Waals surface area contributed by atoms with Crippen molar-refractivity contribution in [3.8, 4) is 5.75 Å². The van der Waals surface area contributed by atoms with Crippen molar-refractivity contribution >= 4 is 29.1 Å². The van der Waals surface area contributed by atoms with E-state index in [9.17, 15) is 23.9 Å². The average Bonchev–Trinajstić information content (AvgIpc) is 3.87.